The number of carbonyl (C=O) groups is 2. The Morgan fingerprint density at radius 2 is 1.85 bits per heavy atom. The highest BCUT2D eigenvalue weighted by atomic mass is 16.5. The summed E-state index contributed by atoms with van der Waals surface area (Å²) in [6, 6.07) is 9.21. The Kier molecular flexibility index (Phi) is 6.60. The fraction of sp³-hybridized carbons (Fsp3) is 0.300. The molecular formula is C20H22O6. The molecule has 6 heteroatoms. The summed E-state index contributed by atoms with van der Waals surface area (Å²) < 4.78 is 10.0. The number of aromatic hydroxyl groups is 2. The van der Waals surface area contributed by atoms with Crippen LogP contribution in [0.25, 0.3) is 0 Å². The number of phenolic OH excluding ortho intramolecular Hbond substituents is 2. The zero-order valence-electron chi connectivity index (χ0n) is 14.8. The molecule has 0 radical (unpaired) electrons. The molecule has 2 aromatic carbocycles. The fourth-order valence-corrected chi connectivity index (χ4v) is 2.61. The van der Waals surface area contributed by atoms with Gasteiger partial charge in [-0.15, -0.1) is 0 Å². The zero-order valence-corrected chi connectivity index (χ0v) is 14.8. The summed E-state index contributed by atoms with van der Waals surface area (Å²) in [7, 11) is 1.27. The molecule has 26 heavy (non-hydrogen) atoms. The minimum atomic E-state index is -0.548. The van der Waals surface area contributed by atoms with Gasteiger partial charge >= 0.3 is 5.97 Å². The third-order valence-corrected chi connectivity index (χ3v) is 3.90. The van der Waals surface area contributed by atoms with Crippen LogP contribution < -0.4 is 4.74 Å². The van der Waals surface area contributed by atoms with Crippen LogP contribution >= 0.6 is 0 Å². The van der Waals surface area contributed by atoms with Crippen molar-refractivity contribution < 1.29 is 29.3 Å². The van der Waals surface area contributed by atoms with E-state index >= 15 is 0 Å². The molecule has 0 amide bonds. The molecule has 2 N–H and O–H groups in total. The maximum atomic E-state index is 12.3. The van der Waals surface area contributed by atoms with E-state index in [1.54, 1.807) is 12.1 Å². The van der Waals surface area contributed by atoms with Crippen LogP contribution in [0.2, 0.25) is 0 Å². The Bertz CT molecular complexity index is 797. The first-order chi connectivity index (χ1) is 12.4. The summed E-state index contributed by atoms with van der Waals surface area (Å²) >= 11 is 0. The van der Waals surface area contributed by atoms with E-state index in [1.165, 1.54) is 31.4 Å². The van der Waals surface area contributed by atoms with Crippen molar-refractivity contribution in [2.24, 2.45) is 0 Å². The highest BCUT2D eigenvalue weighted by Gasteiger charge is 2.15. The molecule has 0 atom stereocenters. The quantitative estimate of drug-likeness (QED) is 0.705. The minimum absolute atomic E-state index is 0.0136. The number of ketones is 1. The monoisotopic (exact) mass is 358 g/mol. The maximum Gasteiger partial charge on any atom is 0.338 e. The maximum absolute atomic E-state index is 12.3. The summed E-state index contributed by atoms with van der Waals surface area (Å²) in [4.78, 5) is 24.1. The predicted molar refractivity (Wildman–Crippen MR) is 95.8 cm³/mol. The predicted octanol–water partition coefficient (Wildman–Crippen LogP) is 3.03. The Morgan fingerprint density at radius 3 is 2.54 bits per heavy atom. The molecule has 0 spiro atoms. The first kappa shape index (κ1) is 19.3. The van der Waals surface area contributed by atoms with Crippen LogP contribution in [0.15, 0.2) is 36.4 Å². The van der Waals surface area contributed by atoms with Crippen molar-refractivity contribution in [1.82, 2.24) is 0 Å². The third-order valence-electron chi connectivity index (χ3n) is 3.90. The molecule has 0 aliphatic heterocycles. The Balaban J connectivity index is 2.05. The van der Waals surface area contributed by atoms with Crippen molar-refractivity contribution in [3.05, 3.63) is 53.1 Å². The Morgan fingerprint density at radius 1 is 1.08 bits per heavy atom. The number of carbonyl (C=O) groups excluding carboxylic acids is 2. The number of rotatable bonds is 8. The molecule has 0 saturated carbocycles. The molecule has 0 bridgehead atoms. The van der Waals surface area contributed by atoms with Gasteiger partial charge in [0.15, 0.2) is 11.5 Å². The van der Waals surface area contributed by atoms with Crippen molar-refractivity contribution in [3.8, 4) is 17.2 Å². The van der Waals surface area contributed by atoms with E-state index in [2.05, 4.69) is 0 Å². The number of aryl methyl sites for hydroxylation is 1. The lowest BCUT2D eigenvalue weighted by Crippen LogP contribution is -2.11. The van der Waals surface area contributed by atoms with Gasteiger partial charge in [-0.25, -0.2) is 4.79 Å². The Hall–Kier alpha value is -3.02. The van der Waals surface area contributed by atoms with E-state index < -0.39 is 5.97 Å². The molecule has 138 valence electrons. The number of phenols is 2. The highest BCUT2D eigenvalue weighted by Crippen LogP contribution is 2.27. The summed E-state index contributed by atoms with van der Waals surface area (Å²) in [6.07, 6.45) is 0.757. The van der Waals surface area contributed by atoms with Gasteiger partial charge in [-0.3, -0.25) is 4.79 Å². The molecule has 2 rings (SSSR count). The molecule has 0 heterocycles. The normalized spacial score (nSPS) is 10.4. The second kappa shape index (κ2) is 8.89. The average molecular weight is 358 g/mol. The number of hydrogen-bond donors (Lipinski definition) is 2. The van der Waals surface area contributed by atoms with E-state index in [4.69, 9.17) is 9.47 Å². The standard InChI is InChI=1S/C20H22O6/c1-3-26-19-10-13(5-9-18(19)23)4-6-15(21)11-14-12-16(22)7-8-17(14)20(24)25-2/h5,7-10,12,22-23H,3-4,6,11H2,1-2H3. The van der Waals surface area contributed by atoms with Crippen LogP contribution in [0.4, 0.5) is 0 Å². The van der Waals surface area contributed by atoms with Gasteiger partial charge in [-0.1, -0.05) is 6.07 Å². The smallest absolute Gasteiger partial charge is 0.338 e. The van der Waals surface area contributed by atoms with E-state index in [0.29, 0.717) is 24.3 Å². The number of hydrogen-bond acceptors (Lipinski definition) is 6. The fourth-order valence-electron chi connectivity index (χ4n) is 2.61. The molecule has 0 saturated heterocycles. The van der Waals surface area contributed by atoms with Crippen molar-refractivity contribution in [1.29, 1.82) is 0 Å². The number of benzene rings is 2. The number of esters is 1. The van der Waals surface area contributed by atoms with Gasteiger partial charge in [0.2, 0.25) is 0 Å². The molecule has 0 aliphatic carbocycles. The van der Waals surface area contributed by atoms with Crippen molar-refractivity contribution in [2.75, 3.05) is 13.7 Å². The van der Waals surface area contributed by atoms with Gasteiger partial charge in [-0.2, -0.15) is 0 Å². The van der Waals surface area contributed by atoms with Gasteiger partial charge in [0.25, 0.3) is 0 Å². The van der Waals surface area contributed by atoms with Gasteiger partial charge in [0, 0.05) is 12.8 Å². The number of methoxy groups -OCH3 is 1. The van der Waals surface area contributed by atoms with Gasteiger partial charge in [0.1, 0.15) is 11.5 Å². The van der Waals surface area contributed by atoms with Gasteiger partial charge in [0.05, 0.1) is 19.3 Å². The van der Waals surface area contributed by atoms with Gasteiger partial charge < -0.3 is 19.7 Å². The first-order valence-electron chi connectivity index (χ1n) is 8.31. The minimum Gasteiger partial charge on any atom is -0.508 e. The molecule has 6 nitrogen and oxygen atoms in total. The molecule has 2 aromatic rings. The van der Waals surface area contributed by atoms with Crippen LogP contribution in [0.5, 0.6) is 17.2 Å². The van der Waals surface area contributed by atoms with Crippen LogP contribution in [0, 0.1) is 0 Å². The molecule has 0 aromatic heterocycles. The van der Waals surface area contributed by atoms with Crippen LogP contribution in [-0.2, 0) is 22.4 Å². The van der Waals surface area contributed by atoms with Crippen molar-refractivity contribution in [2.45, 2.75) is 26.2 Å². The SMILES string of the molecule is CCOc1cc(CCC(=O)Cc2cc(O)ccc2C(=O)OC)ccc1O. The summed E-state index contributed by atoms with van der Waals surface area (Å²) in [5.74, 6) is -0.192. The topological polar surface area (TPSA) is 93.1 Å². The third kappa shape index (κ3) is 4.99. The zero-order chi connectivity index (χ0) is 19.1. The second-order valence-corrected chi connectivity index (χ2v) is 5.78. The van der Waals surface area contributed by atoms with Crippen LogP contribution in [0.3, 0.4) is 0 Å². The number of ether oxygens (including phenoxy) is 2. The van der Waals surface area contributed by atoms with Crippen LogP contribution in [0.1, 0.15) is 34.8 Å². The summed E-state index contributed by atoms with van der Waals surface area (Å²) in [5, 5.41) is 19.3. The highest BCUT2D eigenvalue weighted by molar-refractivity contribution is 5.93. The molecule has 0 aliphatic rings. The summed E-state index contributed by atoms with van der Waals surface area (Å²) in [5.41, 5.74) is 1.56. The molecule has 0 fully saturated rings. The van der Waals surface area contributed by atoms with E-state index in [-0.39, 0.29) is 35.7 Å². The molecular weight excluding hydrogens is 336 g/mol. The second-order valence-electron chi connectivity index (χ2n) is 5.78. The lowest BCUT2D eigenvalue weighted by molar-refractivity contribution is -0.118. The average Bonchev–Trinajstić information content (AvgIpc) is 2.62. The van der Waals surface area contributed by atoms with E-state index in [0.717, 1.165) is 5.56 Å². The van der Waals surface area contributed by atoms with E-state index in [9.17, 15) is 19.8 Å². The molecule has 0 unspecified atom stereocenters. The largest absolute Gasteiger partial charge is 0.508 e. The Labute approximate surface area is 152 Å². The lowest BCUT2D eigenvalue weighted by Gasteiger charge is -2.09. The lowest BCUT2D eigenvalue weighted by atomic mass is 9.98. The van der Waals surface area contributed by atoms with Crippen LogP contribution in [-0.4, -0.2) is 35.7 Å². The van der Waals surface area contributed by atoms with E-state index in [1.807, 2.05) is 6.92 Å². The van der Waals surface area contributed by atoms with Crippen molar-refractivity contribution >= 4 is 11.8 Å². The van der Waals surface area contributed by atoms with Gasteiger partial charge in [-0.05, 0) is 54.8 Å². The number of Topliss-reactive ketones (excluding diaryl/α,β-unsaturated/α-hetero) is 1. The first-order valence-corrected chi connectivity index (χ1v) is 8.31. The summed E-state index contributed by atoms with van der Waals surface area (Å²) in [6.45, 7) is 2.26. The van der Waals surface area contributed by atoms with Crippen molar-refractivity contribution in [3.63, 3.8) is 0 Å².